The Morgan fingerprint density at radius 3 is 2.57 bits per heavy atom. The van der Waals surface area contributed by atoms with E-state index in [1.807, 2.05) is 6.92 Å². The van der Waals surface area contributed by atoms with Crippen LogP contribution in [-0.4, -0.2) is 35.2 Å². The minimum absolute atomic E-state index is 0.273. The van der Waals surface area contributed by atoms with Crippen LogP contribution in [0.25, 0.3) is 6.08 Å². The molecule has 0 atom stereocenters. The highest BCUT2D eigenvalue weighted by Crippen LogP contribution is 2.34. The Labute approximate surface area is 138 Å². The maximum absolute atomic E-state index is 12.1. The number of likely N-dealkylation sites (N-methyl/N-ethyl adjacent to an activating group) is 1. The van der Waals surface area contributed by atoms with E-state index < -0.39 is 5.97 Å². The zero-order valence-corrected chi connectivity index (χ0v) is 13.9. The van der Waals surface area contributed by atoms with Gasteiger partial charge >= 0.3 is 5.97 Å². The highest BCUT2D eigenvalue weighted by Gasteiger charge is 2.33. The summed E-state index contributed by atoms with van der Waals surface area (Å²) in [6.07, 6.45) is 1.63. The van der Waals surface area contributed by atoms with E-state index in [4.69, 9.17) is 9.47 Å². The van der Waals surface area contributed by atoms with Crippen LogP contribution in [0.4, 0.5) is 4.79 Å². The van der Waals surface area contributed by atoms with E-state index in [1.165, 1.54) is 11.8 Å². The van der Waals surface area contributed by atoms with Gasteiger partial charge in [0.1, 0.15) is 0 Å². The average molecular weight is 335 g/mol. The first kappa shape index (κ1) is 17.1. The van der Waals surface area contributed by atoms with E-state index in [1.54, 1.807) is 31.2 Å². The smallest absolute Gasteiger partial charge is 0.308 e. The first-order valence-electron chi connectivity index (χ1n) is 7.16. The highest BCUT2D eigenvalue weighted by molar-refractivity contribution is 8.18. The number of hydrogen-bond acceptors (Lipinski definition) is 6. The number of nitrogens with zero attached hydrogens (tertiary/aromatic N) is 1. The number of thioether (sulfide) groups is 1. The molecule has 122 valence electrons. The summed E-state index contributed by atoms with van der Waals surface area (Å²) < 4.78 is 10.5. The summed E-state index contributed by atoms with van der Waals surface area (Å²) in [5, 5.41) is -0.273. The first-order chi connectivity index (χ1) is 11.0. The molecule has 1 saturated heterocycles. The van der Waals surface area contributed by atoms with E-state index in [2.05, 4.69) is 0 Å². The Bertz CT molecular complexity index is 683. The molecule has 1 aromatic rings. The fourth-order valence-electron chi connectivity index (χ4n) is 2.05. The third-order valence-electron chi connectivity index (χ3n) is 3.01. The van der Waals surface area contributed by atoms with Crippen LogP contribution in [0.3, 0.4) is 0 Å². The van der Waals surface area contributed by atoms with Crippen molar-refractivity contribution in [3.05, 3.63) is 28.7 Å². The quantitative estimate of drug-likeness (QED) is 0.468. The summed E-state index contributed by atoms with van der Waals surface area (Å²) in [5.74, 6) is -0.0170. The van der Waals surface area contributed by atoms with Crippen molar-refractivity contribution in [1.29, 1.82) is 0 Å². The number of esters is 1. The lowest BCUT2D eigenvalue weighted by molar-refractivity contribution is -0.132. The van der Waals surface area contributed by atoms with E-state index in [0.29, 0.717) is 35.1 Å². The number of rotatable bonds is 5. The monoisotopic (exact) mass is 335 g/mol. The predicted octanol–water partition coefficient (Wildman–Crippen LogP) is 3.07. The zero-order chi connectivity index (χ0) is 17.0. The fourth-order valence-corrected chi connectivity index (χ4v) is 2.95. The van der Waals surface area contributed by atoms with Crippen molar-refractivity contribution in [2.24, 2.45) is 0 Å². The Kier molecular flexibility index (Phi) is 5.44. The van der Waals surface area contributed by atoms with Gasteiger partial charge in [-0.05, 0) is 49.4 Å². The van der Waals surface area contributed by atoms with Crippen molar-refractivity contribution >= 4 is 35.0 Å². The molecule has 0 saturated carbocycles. The lowest BCUT2D eigenvalue weighted by atomic mass is 10.2. The van der Waals surface area contributed by atoms with Gasteiger partial charge in [0.2, 0.25) is 0 Å². The van der Waals surface area contributed by atoms with Crippen molar-refractivity contribution in [3.8, 4) is 11.5 Å². The van der Waals surface area contributed by atoms with Gasteiger partial charge in [-0.25, -0.2) is 0 Å². The molecule has 2 amide bonds. The third kappa shape index (κ3) is 3.92. The topological polar surface area (TPSA) is 72.9 Å². The van der Waals surface area contributed by atoms with Crippen molar-refractivity contribution in [2.75, 3.05) is 13.2 Å². The third-order valence-corrected chi connectivity index (χ3v) is 3.92. The maximum atomic E-state index is 12.1. The average Bonchev–Trinajstić information content (AvgIpc) is 2.75. The van der Waals surface area contributed by atoms with Gasteiger partial charge in [-0.1, -0.05) is 6.07 Å². The second-order valence-corrected chi connectivity index (χ2v) is 5.65. The first-order valence-corrected chi connectivity index (χ1v) is 7.98. The molecular weight excluding hydrogens is 318 g/mol. The van der Waals surface area contributed by atoms with Crippen molar-refractivity contribution in [3.63, 3.8) is 0 Å². The van der Waals surface area contributed by atoms with Gasteiger partial charge in [-0.15, -0.1) is 0 Å². The van der Waals surface area contributed by atoms with Crippen LogP contribution in [0.5, 0.6) is 11.5 Å². The van der Waals surface area contributed by atoms with E-state index in [9.17, 15) is 14.4 Å². The van der Waals surface area contributed by atoms with Crippen LogP contribution >= 0.6 is 11.8 Å². The number of imide groups is 1. The molecule has 23 heavy (non-hydrogen) atoms. The molecule has 0 aliphatic carbocycles. The van der Waals surface area contributed by atoms with Crippen LogP contribution in [0.15, 0.2) is 23.1 Å². The molecule has 6 nitrogen and oxygen atoms in total. The number of carbonyl (C=O) groups excluding carboxylic acids is 3. The maximum Gasteiger partial charge on any atom is 0.308 e. The minimum atomic E-state index is -0.442. The van der Waals surface area contributed by atoms with Crippen molar-refractivity contribution < 1.29 is 23.9 Å². The standard InChI is InChI=1S/C16H17NO5S/c1-4-17-15(19)14(23-16(17)20)9-11-6-7-12(22-10(3)18)13(8-11)21-5-2/h6-9H,4-5H2,1-3H3/b14-9+. The Morgan fingerprint density at radius 1 is 1.26 bits per heavy atom. The van der Waals surface area contributed by atoms with E-state index >= 15 is 0 Å². The molecule has 1 fully saturated rings. The van der Waals surface area contributed by atoms with E-state index in [-0.39, 0.29) is 11.1 Å². The molecule has 7 heteroatoms. The second-order valence-electron chi connectivity index (χ2n) is 4.66. The lowest BCUT2D eigenvalue weighted by Crippen LogP contribution is -2.27. The van der Waals surface area contributed by atoms with Crippen LogP contribution in [0, 0.1) is 0 Å². The molecule has 0 spiro atoms. The Balaban J connectivity index is 2.32. The van der Waals surface area contributed by atoms with E-state index in [0.717, 1.165) is 11.8 Å². The number of amides is 2. The van der Waals surface area contributed by atoms with Gasteiger partial charge in [-0.3, -0.25) is 19.3 Å². The second kappa shape index (κ2) is 7.32. The summed E-state index contributed by atoms with van der Waals surface area (Å²) in [4.78, 5) is 36.4. The summed E-state index contributed by atoms with van der Waals surface area (Å²) in [6.45, 7) is 5.63. The molecule has 1 heterocycles. The summed E-state index contributed by atoms with van der Waals surface area (Å²) in [6, 6.07) is 4.96. The summed E-state index contributed by atoms with van der Waals surface area (Å²) in [5.41, 5.74) is 0.686. The number of ether oxygens (including phenoxy) is 2. The predicted molar refractivity (Wildman–Crippen MR) is 87.3 cm³/mol. The Morgan fingerprint density at radius 2 is 2.00 bits per heavy atom. The molecule has 0 aromatic heterocycles. The molecule has 2 rings (SSSR count). The summed E-state index contributed by atoms with van der Waals surface area (Å²) in [7, 11) is 0. The SMILES string of the molecule is CCOc1cc(/C=C2/SC(=O)N(CC)C2=O)ccc1OC(C)=O. The van der Waals surface area contributed by atoms with Gasteiger partial charge < -0.3 is 9.47 Å². The normalized spacial score (nSPS) is 16.1. The lowest BCUT2D eigenvalue weighted by Gasteiger charge is -2.10. The Hall–Kier alpha value is -2.28. The molecule has 1 aliphatic heterocycles. The highest BCUT2D eigenvalue weighted by atomic mass is 32.2. The molecule has 0 radical (unpaired) electrons. The van der Waals surface area contributed by atoms with Crippen LogP contribution in [0.1, 0.15) is 26.3 Å². The molecule has 0 bridgehead atoms. The fraction of sp³-hybridized carbons (Fsp3) is 0.312. The van der Waals surface area contributed by atoms with Crippen LogP contribution in [-0.2, 0) is 9.59 Å². The summed E-state index contributed by atoms with van der Waals surface area (Å²) >= 11 is 0.908. The number of carbonyl (C=O) groups is 3. The minimum Gasteiger partial charge on any atom is -0.490 e. The van der Waals surface area contributed by atoms with Crippen molar-refractivity contribution in [1.82, 2.24) is 4.90 Å². The van der Waals surface area contributed by atoms with Crippen molar-refractivity contribution in [2.45, 2.75) is 20.8 Å². The molecular formula is C16H17NO5S. The van der Waals surface area contributed by atoms with Crippen LogP contribution < -0.4 is 9.47 Å². The zero-order valence-electron chi connectivity index (χ0n) is 13.1. The van der Waals surface area contributed by atoms with Gasteiger partial charge in [0, 0.05) is 13.5 Å². The molecule has 1 aromatic carbocycles. The van der Waals surface area contributed by atoms with Gasteiger partial charge in [0.05, 0.1) is 11.5 Å². The van der Waals surface area contributed by atoms with Gasteiger partial charge in [-0.2, -0.15) is 0 Å². The largest absolute Gasteiger partial charge is 0.490 e. The van der Waals surface area contributed by atoms with Crippen LogP contribution in [0.2, 0.25) is 0 Å². The van der Waals surface area contributed by atoms with Gasteiger partial charge in [0.25, 0.3) is 11.1 Å². The number of benzene rings is 1. The molecule has 1 aliphatic rings. The van der Waals surface area contributed by atoms with Gasteiger partial charge in [0.15, 0.2) is 11.5 Å². The number of hydrogen-bond donors (Lipinski definition) is 0. The molecule has 0 N–H and O–H groups in total. The molecule has 0 unspecified atom stereocenters.